The fourth-order valence-electron chi connectivity index (χ4n) is 4.02. The summed E-state index contributed by atoms with van der Waals surface area (Å²) >= 11 is 0. The van der Waals surface area contributed by atoms with E-state index in [0.717, 1.165) is 0 Å². The lowest BCUT2D eigenvalue weighted by atomic mass is 9.97. The van der Waals surface area contributed by atoms with Crippen LogP contribution in [0.25, 0.3) is 33.4 Å². The van der Waals surface area contributed by atoms with Crippen molar-refractivity contribution >= 4 is 28.5 Å². The minimum absolute atomic E-state index is 0.207. The highest BCUT2D eigenvalue weighted by Gasteiger charge is 2.24. The molecule has 2 N–H and O–H groups in total. The van der Waals surface area contributed by atoms with Crippen molar-refractivity contribution < 1.29 is 31.9 Å². The molecule has 0 bridgehead atoms. The van der Waals surface area contributed by atoms with Gasteiger partial charge in [-0.1, -0.05) is 12.1 Å². The molecule has 0 aliphatic rings. The average Bonchev–Trinajstić information content (AvgIpc) is 3.24. The largest absolute Gasteiger partial charge is 0.456 e. The van der Waals surface area contributed by atoms with Gasteiger partial charge in [0.2, 0.25) is 0 Å². The van der Waals surface area contributed by atoms with Crippen LogP contribution in [0.5, 0.6) is 0 Å². The first-order chi connectivity index (χ1) is 18.0. The topological polar surface area (TPSA) is 80.6 Å². The lowest BCUT2D eigenvalue weighted by Crippen LogP contribution is -2.23. The van der Waals surface area contributed by atoms with E-state index in [1.807, 2.05) is 0 Å². The van der Waals surface area contributed by atoms with E-state index < -0.39 is 36.3 Å². The van der Waals surface area contributed by atoms with Crippen LogP contribution in [0.2, 0.25) is 0 Å². The number of rotatable bonds is 7. The van der Waals surface area contributed by atoms with Crippen molar-refractivity contribution in [3.05, 3.63) is 77.6 Å². The SMILES string of the molecule is CNC(=O)c1c(-c2ccc(F)cc2)oc2cc(NCC(F)F)c(-c3cccc(C(=O)OC(C)(C)C)c3)cc12. The van der Waals surface area contributed by atoms with E-state index >= 15 is 0 Å². The fourth-order valence-corrected chi connectivity index (χ4v) is 4.02. The number of furan rings is 1. The summed E-state index contributed by atoms with van der Waals surface area (Å²) in [5, 5.41) is 5.75. The van der Waals surface area contributed by atoms with Crippen LogP contribution >= 0.6 is 0 Å². The van der Waals surface area contributed by atoms with Crippen molar-refractivity contribution in [2.75, 3.05) is 18.9 Å². The molecule has 3 aromatic carbocycles. The molecule has 6 nitrogen and oxygen atoms in total. The zero-order valence-corrected chi connectivity index (χ0v) is 21.3. The van der Waals surface area contributed by atoms with Crippen LogP contribution in [0.4, 0.5) is 18.9 Å². The molecule has 9 heteroatoms. The molecule has 38 heavy (non-hydrogen) atoms. The predicted octanol–water partition coefficient (Wildman–Crippen LogP) is 6.90. The normalized spacial score (nSPS) is 11.6. The van der Waals surface area contributed by atoms with E-state index in [2.05, 4.69) is 10.6 Å². The lowest BCUT2D eigenvalue weighted by molar-refractivity contribution is 0.00694. The van der Waals surface area contributed by atoms with Crippen molar-refractivity contribution in [2.24, 2.45) is 0 Å². The maximum atomic E-state index is 13.5. The number of carbonyl (C=O) groups excluding carboxylic acids is 2. The fraction of sp³-hybridized carbons (Fsp3) is 0.241. The average molecular weight is 525 g/mol. The van der Waals surface area contributed by atoms with Crippen LogP contribution in [0, 0.1) is 5.82 Å². The number of esters is 1. The minimum Gasteiger partial charge on any atom is -0.456 e. The van der Waals surface area contributed by atoms with E-state index in [1.54, 1.807) is 51.1 Å². The van der Waals surface area contributed by atoms with Crippen LogP contribution in [0.1, 0.15) is 41.5 Å². The summed E-state index contributed by atoms with van der Waals surface area (Å²) in [6.45, 7) is 4.64. The molecule has 0 saturated carbocycles. The Labute approximate surface area is 217 Å². The summed E-state index contributed by atoms with van der Waals surface area (Å²) in [7, 11) is 1.47. The number of hydrogen-bond donors (Lipinski definition) is 2. The van der Waals surface area contributed by atoms with Crippen LogP contribution in [0.3, 0.4) is 0 Å². The molecule has 198 valence electrons. The van der Waals surface area contributed by atoms with Crippen LogP contribution in [-0.2, 0) is 4.74 Å². The number of alkyl halides is 2. The Kier molecular flexibility index (Phi) is 7.48. The quantitative estimate of drug-likeness (QED) is 0.257. The molecule has 1 aromatic heterocycles. The Morgan fingerprint density at radius 1 is 1.00 bits per heavy atom. The van der Waals surface area contributed by atoms with Gasteiger partial charge in [-0.2, -0.15) is 0 Å². The van der Waals surface area contributed by atoms with Crippen molar-refractivity contribution in [3.8, 4) is 22.5 Å². The van der Waals surface area contributed by atoms with Crippen molar-refractivity contribution in [2.45, 2.75) is 32.8 Å². The van der Waals surface area contributed by atoms with Crippen LogP contribution in [-0.4, -0.2) is 37.5 Å². The zero-order chi connectivity index (χ0) is 27.6. The maximum Gasteiger partial charge on any atom is 0.338 e. The second-order valence-corrected chi connectivity index (χ2v) is 9.64. The van der Waals surface area contributed by atoms with Gasteiger partial charge in [0.05, 0.1) is 17.7 Å². The van der Waals surface area contributed by atoms with Gasteiger partial charge >= 0.3 is 5.97 Å². The molecule has 1 amide bonds. The van der Waals surface area contributed by atoms with Gasteiger partial charge in [0.1, 0.15) is 22.8 Å². The number of nitrogens with one attached hydrogen (secondary N) is 2. The third-order valence-corrected chi connectivity index (χ3v) is 5.64. The van der Waals surface area contributed by atoms with E-state index in [-0.39, 0.29) is 22.5 Å². The number of ether oxygens (including phenoxy) is 1. The highest BCUT2D eigenvalue weighted by molar-refractivity contribution is 6.13. The van der Waals surface area contributed by atoms with Gasteiger partial charge < -0.3 is 19.8 Å². The molecule has 0 aliphatic carbocycles. The van der Waals surface area contributed by atoms with Gasteiger partial charge in [0.25, 0.3) is 12.3 Å². The molecule has 1 heterocycles. The number of carbonyl (C=O) groups is 2. The summed E-state index contributed by atoms with van der Waals surface area (Å²) in [5.74, 6) is -1.21. The second-order valence-electron chi connectivity index (χ2n) is 9.64. The van der Waals surface area contributed by atoms with Gasteiger partial charge in [0.15, 0.2) is 0 Å². The number of fused-ring (bicyclic) bond motifs is 1. The molecule has 0 unspecified atom stereocenters. The van der Waals surface area contributed by atoms with Gasteiger partial charge in [0, 0.05) is 35.3 Å². The van der Waals surface area contributed by atoms with E-state index in [0.29, 0.717) is 27.8 Å². The molecule has 4 rings (SSSR count). The lowest BCUT2D eigenvalue weighted by Gasteiger charge is -2.20. The van der Waals surface area contributed by atoms with Crippen molar-refractivity contribution in [1.29, 1.82) is 0 Å². The molecule has 0 atom stereocenters. The molecule has 0 spiro atoms. The van der Waals surface area contributed by atoms with E-state index in [9.17, 15) is 22.8 Å². The van der Waals surface area contributed by atoms with E-state index in [1.165, 1.54) is 37.4 Å². The molecule has 0 fully saturated rings. The van der Waals surface area contributed by atoms with Crippen LogP contribution in [0.15, 0.2) is 65.1 Å². The van der Waals surface area contributed by atoms with Gasteiger partial charge in [-0.05, 0) is 68.8 Å². The first-order valence-corrected chi connectivity index (χ1v) is 11.9. The van der Waals surface area contributed by atoms with Crippen molar-refractivity contribution in [3.63, 3.8) is 0 Å². The summed E-state index contributed by atoms with van der Waals surface area (Å²) in [5.41, 5.74) is 1.86. The predicted molar refractivity (Wildman–Crippen MR) is 140 cm³/mol. The maximum absolute atomic E-state index is 13.5. The smallest absolute Gasteiger partial charge is 0.338 e. The second kappa shape index (κ2) is 10.6. The standard InChI is InChI=1S/C29H27F3N2O4/c1-29(2,3)38-28(36)18-7-5-6-17(12-18)20-13-21-23(14-22(20)34-15-24(31)32)37-26(25(21)27(35)33-4)16-8-10-19(30)11-9-16/h5-14,24,34H,15H2,1-4H3,(H,33,35). The van der Waals surface area contributed by atoms with Gasteiger partial charge in [-0.25, -0.2) is 18.0 Å². The first-order valence-electron chi connectivity index (χ1n) is 11.9. The minimum atomic E-state index is -2.63. The molecular formula is C29H27F3N2O4. The number of amides is 1. The summed E-state index contributed by atoms with van der Waals surface area (Å²) in [6, 6.07) is 15.2. The third kappa shape index (κ3) is 5.82. The number of halogens is 3. The van der Waals surface area contributed by atoms with Crippen LogP contribution < -0.4 is 10.6 Å². The Hall–Kier alpha value is -4.27. The number of hydrogen-bond acceptors (Lipinski definition) is 5. The number of anilines is 1. The van der Waals surface area contributed by atoms with E-state index in [4.69, 9.17) is 9.15 Å². The highest BCUT2D eigenvalue weighted by atomic mass is 19.3. The monoisotopic (exact) mass is 524 g/mol. The first kappa shape index (κ1) is 26.8. The summed E-state index contributed by atoms with van der Waals surface area (Å²) in [6.07, 6.45) is -2.63. The summed E-state index contributed by atoms with van der Waals surface area (Å²) < 4.78 is 51.3. The van der Waals surface area contributed by atoms with Gasteiger partial charge in [-0.3, -0.25) is 4.79 Å². The van der Waals surface area contributed by atoms with Crippen molar-refractivity contribution in [1.82, 2.24) is 5.32 Å². The Morgan fingerprint density at radius 2 is 1.71 bits per heavy atom. The summed E-state index contributed by atoms with van der Waals surface area (Å²) in [4.78, 5) is 25.6. The molecule has 0 saturated heterocycles. The Balaban J connectivity index is 1.92. The zero-order valence-electron chi connectivity index (χ0n) is 21.3. The number of benzene rings is 3. The highest BCUT2D eigenvalue weighted by Crippen LogP contribution is 2.40. The Morgan fingerprint density at radius 3 is 2.34 bits per heavy atom. The molecular weight excluding hydrogens is 497 g/mol. The molecule has 0 radical (unpaired) electrons. The molecule has 0 aliphatic heterocycles. The Bertz CT molecular complexity index is 1490. The third-order valence-electron chi connectivity index (χ3n) is 5.64. The molecule has 4 aromatic rings. The van der Waals surface area contributed by atoms with Gasteiger partial charge in [-0.15, -0.1) is 0 Å².